The van der Waals surface area contributed by atoms with Crippen LogP contribution >= 0.6 is 11.3 Å². The highest BCUT2D eigenvalue weighted by Gasteiger charge is 2.17. The Morgan fingerprint density at radius 3 is 3.07 bits per heavy atom. The maximum absolute atomic E-state index is 2.32. The Morgan fingerprint density at radius 2 is 2.14 bits per heavy atom. The van der Waals surface area contributed by atoms with Crippen molar-refractivity contribution in [3.05, 3.63) is 40.8 Å². The monoisotopic (exact) mass is 200 g/mol. The minimum atomic E-state index is 0.686. The van der Waals surface area contributed by atoms with Crippen molar-refractivity contribution in [3.63, 3.8) is 0 Å². The van der Waals surface area contributed by atoms with Gasteiger partial charge in [0.1, 0.15) is 0 Å². The van der Waals surface area contributed by atoms with Crippen LogP contribution in [0.1, 0.15) is 29.7 Å². The summed E-state index contributed by atoms with van der Waals surface area (Å²) >= 11 is 1.92. The summed E-state index contributed by atoms with van der Waals surface area (Å²) in [5, 5.41) is 1.46. The van der Waals surface area contributed by atoms with E-state index in [1.807, 2.05) is 11.3 Å². The zero-order valence-corrected chi connectivity index (χ0v) is 8.97. The van der Waals surface area contributed by atoms with Crippen molar-refractivity contribution < 1.29 is 0 Å². The molecule has 1 aromatic carbocycles. The van der Waals surface area contributed by atoms with Crippen molar-refractivity contribution >= 4 is 27.5 Å². The molecule has 0 fully saturated rings. The van der Waals surface area contributed by atoms with Crippen molar-refractivity contribution in [1.82, 2.24) is 0 Å². The third kappa shape index (κ3) is 1.05. The number of rotatable bonds is 0. The van der Waals surface area contributed by atoms with E-state index < -0.39 is 0 Å². The lowest BCUT2D eigenvalue weighted by Gasteiger charge is -2.13. The first-order valence-electron chi connectivity index (χ1n) is 5.04. The first-order valence-corrected chi connectivity index (χ1v) is 5.86. The van der Waals surface area contributed by atoms with E-state index in [9.17, 15) is 0 Å². The normalized spacial score (nSPS) is 19.9. The van der Waals surface area contributed by atoms with Gasteiger partial charge in [0.25, 0.3) is 0 Å². The molecule has 70 valence electrons. The van der Waals surface area contributed by atoms with Gasteiger partial charge in [-0.2, -0.15) is 0 Å². The Kier molecular flexibility index (Phi) is 1.74. The number of benzene rings is 1. The topological polar surface area (TPSA) is 0 Å². The third-order valence-corrected chi connectivity index (χ3v) is 4.07. The molecule has 1 unspecified atom stereocenters. The molecule has 0 nitrogen and oxygen atoms in total. The van der Waals surface area contributed by atoms with Crippen LogP contribution < -0.4 is 0 Å². The summed E-state index contributed by atoms with van der Waals surface area (Å²) in [5.74, 6) is 0.686. The molecular weight excluding hydrogens is 188 g/mol. The second-order valence-corrected chi connectivity index (χ2v) is 5.00. The highest BCUT2D eigenvalue weighted by atomic mass is 32.1. The average molecular weight is 200 g/mol. The Bertz CT molecular complexity index is 505. The van der Waals surface area contributed by atoms with Crippen LogP contribution in [-0.4, -0.2) is 0 Å². The molecule has 0 spiro atoms. The predicted octanol–water partition coefficient (Wildman–Crippen LogP) is 4.42. The molecule has 0 saturated heterocycles. The molecule has 1 aromatic heterocycles. The molecule has 1 heterocycles. The van der Waals surface area contributed by atoms with Gasteiger partial charge in [-0.05, 0) is 35.4 Å². The minimum absolute atomic E-state index is 0.686. The first kappa shape index (κ1) is 8.25. The van der Waals surface area contributed by atoms with Crippen LogP contribution in [0.5, 0.6) is 0 Å². The lowest BCUT2D eigenvalue weighted by atomic mass is 9.91. The highest BCUT2D eigenvalue weighted by molar-refractivity contribution is 7.20. The van der Waals surface area contributed by atoms with E-state index in [1.54, 1.807) is 5.56 Å². The van der Waals surface area contributed by atoms with Crippen LogP contribution in [-0.2, 0) is 0 Å². The summed E-state index contributed by atoms with van der Waals surface area (Å²) in [4.78, 5) is 1.46. The molecule has 1 aliphatic rings. The van der Waals surface area contributed by atoms with Gasteiger partial charge in [-0.15, -0.1) is 11.3 Å². The van der Waals surface area contributed by atoms with Crippen LogP contribution in [0, 0.1) is 0 Å². The Balaban J connectivity index is 2.40. The lowest BCUT2D eigenvalue weighted by Crippen LogP contribution is -1.95. The van der Waals surface area contributed by atoms with E-state index in [0.717, 1.165) is 0 Å². The van der Waals surface area contributed by atoms with Crippen molar-refractivity contribution in [2.45, 2.75) is 19.3 Å². The second-order valence-electron chi connectivity index (χ2n) is 3.92. The fourth-order valence-corrected chi connectivity index (χ4v) is 3.47. The summed E-state index contributed by atoms with van der Waals surface area (Å²) in [7, 11) is 0. The summed E-state index contributed by atoms with van der Waals surface area (Å²) in [6, 6.07) is 8.73. The van der Waals surface area contributed by atoms with Gasteiger partial charge in [-0.1, -0.05) is 31.2 Å². The van der Waals surface area contributed by atoms with Crippen LogP contribution in [0.4, 0.5) is 0 Å². The van der Waals surface area contributed by atoms with E-state index in [2.05, 4.69) is 43.3 Å². The summed E-state index contributed by atoms with van der Waals surface area (Å²) in [5.41, 5.74) is 1.56. The van der Waals surface area contributed by atoms with Crippen molar-refractivity contribution in [3.8, 4) is 0 Å². The van der Waals surface area contributed by atoms with Crippen molar-refractivity contribution in [1.29, 1.82) is 0 Å². The molecule has 2 aromatic rings. The quantitative estimate of drug-likeness (QED) is 0.590. The van der Waals surface area contributed by atoms with E-state index in [-0.39, 0.29) is 0 Å². The van der Waals surface area contributed by atoms with Crippen LogP contribution in [0.25, 0.3) is 16.2 Å². The van der Waals surface area contributed by atoms with E-state index in [1.165, 1.54) is 21.4 Å². The predicted molar refractivity (Wildman–Crippen MR) is 63.9 cm³/mol. The van der Waals surface area contributed by atoms with Crippen molar-refractivity contribution in [2.24, 2.45) is 0 Å². The number of fused-ring (bicyclic) bond motifs is 3. The third-order valence-electron chi connectivity index (χ3n) is 2.91. The van der Waals surface area contributed by atoms with Gasteiger partial charge < -0.3 is 0 Å². The zero-order chi connectivity index (χ0) is 9.54. The van der Waals surface area contributed by atoms with Gasteiger partial charge in [-0.25, -0.2) is 0 Å². The lowest BCUT2D eigenvalue weighted by molar-refractivity contribution is 0.783. The molecule has 0 bridgehead atoms. The van der Waals surface area contributed by atoms with Crippen molar-refractivity contribution in [2.75, 3.05) is 0 Å². The largest absolute Gasteiger partial charge is 0.136 e. The summed E-state index contributed by atoms with van der Waals surface area (Å²) in [6.45, 7) is 2.32. The molecule has 0 amide bonds. The van der Waals surface area contributed by atoms with E-state index >= 15 is 0 Å². The summed E-state index contributed by atoms with van der Waals surface area (Å²) < 4.78 is 1.43. The van der Waals surface area contributed by atoms with E-state index in [4.69, 9.17) is 0 Å². The number of hydrogen-bond acceptors (Lipinski definition) is 1. The molecule has 14 heavy (non-hydrogen) atoms. The van der Waals surface area contributed by atoms with Gasteiger partial charge in [0.15, 0.2) is 0 Å². The molecular formula is C13H12S. The fraction of sp³-hybridized carbons (Fsp3) is 0.231. The molecule has 3 rings (SSSR count). The standard InChI is InChI=1S/C13H12S/c1-9-5-4-8-12-13(9)10-6-2-3-7-11(10)14-12/h2-4,6-9H,5H2,1H3. The minimum Gasteiger partial charge on any atom is -0.136 e. The second kappa shape index (κ2) is 2.96. The molecule has 0 N–H and O–H groups in total. The first-order chi connectivity index (χ1) is 6.86. The molecule has 0 saturated carbocycles. The molecule has 1 heteroatoms. The smallest absolute Gasteiger partial charge is 0.0352 e. The molecule has 1 atom stereocenters. The maximum Gasteiger partial charge on any atom is 0.0352 e. The average Bonchev–Trinajstić information content (AvgIpc) is 2.57. The van der Waals surface area contributed by atoms with Gasteiger partial charge in [0.05, 0.1) is 0 Å². The fourth-order valence-electron chi connectivity index (χ4n) is 2.21. The zero-order valence-electron chi connectivity index (χ0n) is 8.16. The number of hydrogen-bond donors (Lipinski definition) is 0. The van der Waals surface area contributed by atoms with Crippen LogP contribution in [0.15, 0.2) is 30.3 Å². The Morgan fingerprint density at radius 1 is 1.29 bits per heavy atom. The number of allylic oxidation sites excluding steroid dienone is 1. The van der Waals surface area contributed by atoms with E-state index in [0.29, 0.717) is 5.92 Å². The summed E-state index contributed by atoms with van der Waals surface area (Å²) in [6.07, 6.45) is 5.76. The van der Waals surface area contributed by atoms with Gasteiger partial charge in [0, 0.05) is 9.58 Å². The molecule has 0 radical (unpaired) electrons. The highest BCUT2D eigenvalue weighted by Crippen LogP contribution is 2.40. The Labute approximate surface area is 87.9 Å². The SMILES string of the molecule is CC1CC=Cc2sc3ccccc3c21. The molecule has 0 aliphatic heterocycles. The van der Waals surface area contributed by atoms with Gasteiger partial charge >= 0.3 is 0 Å². The Hall–Kier alpha value is -1.08. The molecule has 1 aliphatic carbocycles. The van der Waals surface area contributed by atoms with Crippen LogP contribution in [0.3, 0.4) is 0 Å². The van der Waals surface area contributed by atoms with Crippen LogP contribution in [0.2, 0.25) is 0 Å². The van der Waals surface area contributed by atoms with Gasteiger partial charge in [0.2, 0.25) is 0 Å². The maximum atomic E-state index is 2.32. The van der Waals surface area contributed by atoms with Gasteiger partial charge in [-0.3, -0.25) is 0 Å². The number of thiophene rings is 1.